The molecule has 17 heavy (non-hydrogen) atoms. The Morgan fingerprint density at radius 1 is 1.47 bits per heavy atom. The molecule has 1 aromatic rings. The molecule has 0 radical (unpaired) electrons. The van der Waals surface area contributed by atoms with Gasteiger partial charge in [-0.15, -0.1) is 0 Å². The van der Waals surface area contributed by atoms with E-state index in [1.165, 1.54) is 16.8 Å². The third-order valence-corrected chi connectivity index (χ3v) is 2.94. The molecular formula is C13H20NO2S-. The Hall–Kier alpha value is -0.870. The molecule has 1 aliphatic rings. The number of benzene rings is 1. The van der Waals surface area contributed by atoms with E-state index in [9.17, 15) is 0 Å². The Morgan fingerprint density at radius 2 is 2.06 bits per heavy atom. The molecule has 1 heterocycles. The second-order valence-electron chi connectivity index (χ2n) is 4.87. The van der Waals surface area contributed by atoms with Crippen molar-refractivity contribution in [3.05, 3.63) is 29.3 Å². The van der Waals surface area contributed by atoms with Crippen molar-refractivity contribution in [3.63, 3.8) is 0 Å². The van der Waals surface area contributed by atoms with Gasteiger partial charge < -0.3 is 9.87 Å². The highest BCUT2D eigenvalue weighted by atomic mass is 32.2. The molecule has 3 nitrogen and oxygen atoms in total. The monoisotopic (exact) mass is 254 g/mol. The van der Waals surface area contributed by atoms with Crippen LogP contribution in [0.15, 0.2) is 18.2 Å². The van der Waals surface area contributed by atoms with Crippen molar-refractivity contribution in [1.29, 1.82) is 0 Å². The molecule has 0 aliphatic carbocycles. The van der Waals surface area contributed by atoms with Crippen molar-refractivity contribution in [2.24, 2.45) is 0 Å². The van der Waals surface area contributed by atoms with Crippen LogP contribution in [0.3, 0.4) is 0 Å². The summed E-state index contributed by atoms with van der Waals surface area (Å²) in [6.45, 7) is 7.84. The minimum Gasteiger partial charge on any atom is -0.773 e. The largest absolute Gasteiger partial charge is 0.773 e. The molecular weight excluding hydrogens is 234 g/mol. The van der Waals surface area contributed by atoms with Gasteiger partial charge in [-0.1, -0.05) is 44.0 Å². The molecule has 1 aliphatic heterocycles. The van der Waals surface area contributed by atoms with E-state index in [0.29, 0.717) is 5.41 Å². The summed E-state index contributed by atoms with van der Waals surface area (Å²) in [5, 5.41) is 3.47. The first kappa shape index (κ1) is 14.2. The molecule has 0 aromatic heterocycles. The van der Waals surface area contributed by atoms with Crippen molar-refractivity contribution < 1.29 is 8.76 Å². The van der Waals surface area contributed by atoms with Crippen LogP contribution in [0.5, 0.6) is 0 Å². The number of aryl methyl sites for hydroxylation is 1. The van der Waals surface area contributed by atoms with Gasteiger partial charge in [-0.3, -0.25) is 4.21 Å². The lowest BCUT2D eigenvalue weighted by atomic mass is 9.86. The molecule has 0 fully saturated rings. The molecule has 1 unspecified atom stereocenters. The Morgan fingerprint density at radius 3 is 2.59 bits per heavy atom. The maximum Gasteiger partial charge on any atom is 0.0381 e. The first-order valence-electron chi connectivity index (χ1n) is 5.75. The number of hydrogen-bond donors (Lipinski definition) is 1. The highest BCUT2D eigenvalue weighted by molar-refractivity contribution is 7.78. The number of hydrogen-bond acceptors (Lipinski definition) is 3. The number of rotatable bonds is 1. The van der Waals surface area contributed by atoms with Gasteiger partial charge in [-0.25, -0.2) is 0 Å². The van der Waals surface area contributed by atoms with E-state index in [0.717, 1.165) is 19.2 Å². The predicted octanol–water partition coefficient (Wildman–Crippen LogP) is 2.45. The van der Waals surface area contributed by atoms with Gasteiger partial charge in [0, 0.05) is 17.6 Å². The van der Waals surface area contributed by atoms with E-state index in [1.807, 2.05) is 0 Å². The van der Waals surface area contributed by atoms with Crippen LogP contribution in [-0.4, -0.2) is 21.6 Å². The SMILES string of the molecule is CCc1ccc2c(c1)NCC2(C)C.CS(=O)[O-]. The highest BCUT2D eigenvalue weighted by Crippen LogP contribution is 2.36. The molecule has 0 saturated carbocycles. The smallest absolute Gasteiger partial charge is 0.0381 e. The second kappa shape index (κ2) is 5.65. The van der Waals surface area contributed by atoms with Gasteiger partial charge >= 0.3 is 0 Å². The molecule has 0 saturated heterocycles. The number of anilines is 1. The van der Waals surface area contributed by atoms with E-state index >= 15 is 0 Å². The first-order chi connectivity index (χ1) is 7.86. The standard InChI is InChI=1S/C12H17N.CH4O2S/c1-4-9-5-6-10-11(7-9)13-8-12(10,2)3;1-4(2)3/h5-7,13H,4,8H2,1-3H3;1H3,(H,2,3)/p-1. The summed E-state index contributed by atoms with van der Waals surface area (Å²) < 4.78 is 18.0. The molecule has 0 spiro atoms. The summed E-state index contributed by atoms with van der Waals surface area (Å²) in [5.74, 6) is 0. The third-order valence-electron chi connectivity index (χ3n) is 2.94. The fraction of sp³-hybridized carbons (Fsp3) is 0.538. The van der Waals surface area contributed by atoms with Crippen LogP contribution >= 0.6 is 0 Å². The first-order valence-corrected chi connectivity index (χ1v) is 7.23. The van der Waals surface area contributed by atoms with Crippen molar-refractivity contribution in [2.45, 2.75) is 32.6 Å². The summed E-state index contributed by atoms with van der Waals surface area (Å²) in [7, 11) is 0. The average molecular weight is 254 g/mol. The van der Waals surface area contributed by atoms with Gasteiger partial charge in [0.25, 0.3) is 0 Å². The van der Waals surface area contributed by atoms with Gasteiger partial charge in [0.05, 0.1) is 0 Å². The molecule has 1 N–H and O–H groups in total. The second-order valence-corrected chi connectivity index (χ2v) is 5.68. The molecule has 1 atom stereocenters. The highest BCUT2D eigenvalue weighted by Gasteiger charge is 2.29. The Balaban J connectivity index is 0.000000317. The molecule has 4 heteroatoms. The van der Waals surface area contributed by atoms with Crippen molar-refractivity contribution >= 4 is 16.8 Å². The topological polar surface area (TPSA) is 52.2 Å². The minimum absolute atomic E-state index is 0.307. The van der Waals surface area contributed by atoms with E-state index < -0.39 is 11.1 Å². The van der Waals surface area contributed by atoms with Crippen LogP contribution < -0.4 is 5.32 Å². The lowest BCUT2D eigenvalue weighted by Gasteiger charge is -2.16. The van der Waals surface area contributed by atoms with Crippen LogP contribution in [0.4, 0.5) is 5.69 Å². The number of nitrogens with one attached hydrogen (secondary N) is 1. The Labute approximate surface area is 106 Å². The fourth-order valence-corrected chi connectivity index (χ4v) is 1.96. The molecule has 1 aromatic carbocycles. The normalized spacial score (nSPS) is 17.5. The van der Waals surface area contributed by atoms with Gasteiger partial charge in [-0.2, -0.15) is 0 Å². The summed E-state index contributed by atoms with van der Waals surface area (Å²) >= 11 is -1.86. The lowest BCUT2D eigenvalue weighted by molar-refractivity contribution is 0.543. The van der Waals surface area contributed by atoms with Gasteiger partial charge in [0.1, 0.15) is 0 Å². The van der Waals surface area contributed by atoms with Crippen LogP contribution in [0.2, 0.25) is 0 Å². The van der Waals surface area contributed by atoms with Gasteiger partial charge in [0.2, 0.25) is 0 Å². The molecule has 2 rings (SSSR count). The van der Waals surface area contributed by atoms with E-state index in [2.05, 4.69) is 44.3 Å². The van der Waals surface area contributed by atoms with Crippen LogP contribution in [-0.2, 0) is 22.9 Å². The Bertz CT molecular complexity index is 412. The fourth-order valence-electron chi connectivity index (χ4n) is 1.96. The van der Waals surface area contributed by atoms with E-state index in [-0.39, 0.29) is 0 Å². The van der Waals surface area contributed by atoms with Crippen LogP contribution in [0.25, 0.3) is 0 Å². The zero-order chi connectivity index (χ0) is 13.1. The van der Waals surface area contributed by atoms with Crippen LogP contribution in [0, 0.1) is 0 Å². The average Bonchev–Trinajstić information content (AvgIpc) is 2.54. The molecule has 96 valence electrons. The Kier molecular flexibility index (Phi) is 4.71. The maximum absolute atomic E-state index is 9.00. The molecule has 0 amide bonds. The maximum atomic E-state index is 9.00. The van der Waals surface area contributed by atoms with Gasteiger partial charge in [0.15, 0.2) is 0 Å². The quantitative estimate of drug-likeness (QED) is 0.783. The summed E-state index contributed by atoms with van der Waals surface area (Å²) in [6, 6.07) is 6.80. The minimum atomic E-state index is -1.86. The zero-order valence-corrected chi connectivity index (χ0v) is 11.7. The van der Waals surface area contributed by atoms with Gasteiger partial charge in [-0.05, 0) is 29.9 Å². The lowest BCUT2D eigenvalue weighted by Crippen LogP contribution is -2.18. The predicted molar refractivity (Wildman–Crippen MR) is 72.2 cm³/mol. The van der Waals surface area contributed by atoms with Crippen molar-refractivity contribution in [2.75, 3.05) is 18.1 Å². The number of fused-ring (bicyclic) bond motifs is 1. The van der Waals surface area contributed by atoms with Crippen molar-refractivity contribution in [1.82, 2.24) is 0 Å². The van der Waals surface area contributed by atoms with E-state index in [1.54, 1.807) is 0 Å². The molecule has 0 bridgehead atoms. The summed E-state index contributed by atoms with van der Waals surface area (Å²) in [4.78, 5) is 0. The van der Waals surface area contributed by atoms with Crippen molar-refractivity contribution in [3.8, 4) is 0 Å². The summed E-state index contributed by atoms with van der Waals surface area (Å²) in [5.41, 5.74) is 4.53. The zero-order valence-electron chi connectivity index (χ0n) is 10.9. The van der Waals surface area contributed by atoms with Crippen LogP contribution in [0.1, 0.15) is 31.9 Å². The third kappa shape index (κ3) is 3.82. The summed E-state index contributed by atoms with van der Waals surface area (Å²) in [6.07, 6.45) is 2.20. The van der Waals surface area contributed by atoms with E-state index in [4.69, 9.17) is 8.76 Å².